The van der Waals surface area contributed by atoms with Crippen molar-refractivity contribution >= 4 is 5.78 Å². The van der Waals surface area contributed by atoms with Crippen molar-refractivity contribution in [2.45, 2.75) is 13.8 Å². The fourth-order valence-corrected chi connectivity index (χ4v) is 2.45. The first-order chi connectivity index (χ1) is 15.1. The molecule has 2 heterocycles. The van der Waals surface area contributed by atoms with E-state index in [4.69, 9.17) is 9.90 Å². The molecule has 2 aromatic carbocycles. The number of ketones is 1. The minimum absolute atomic E-state index is 0. The first kappa shape index (κ1) is 26.6. The van der Waals surface area contributed by atoms with Crippen LogP contribution in [0.1, 0.15) is 13.8 Å². The smallest absolute Gasteiger partial charge is 0.316 e. The van der Waals surface area contributed by atoms with Gasteiger partial charge >= 0.3 is 5.78 Å². The van der Waals surface area contributed by atoms with Crippen LogP contribution in [0, 0.1) is 12.1 Å². The number of aliphatic hydroxyl groups excluding tert-OH is 1. The fourth-order valence-electron chi connectivity index (χ4n) is 2.45. The summed E-state index contributed by atoms with van der Waals surface area (Å²) < 4.78 is 0. The van der Waals surface area contributed by atoms with Gasteiger partial charge in [0.2, 0.25) is 0 Å². The molecule has 0 unspecified atom stereocenters. The normalized spacial score (nSPS) is 9.75. The molecule has 165 valence electrons. The first-order valence-corrected chi connectivity index (χ1v) is 9.72. The van der Waals surface area contributed by atoms with Crippen molar-refractivity contribution < 1.29 is 30.0 Å². The molecule has 0 atom stereocenters. The van der Waals surface area contributed by atoms with Crippen LogP contribution in [-0.2, 0) is 20.1 Å². The maximum Gasteiger partial charge on any atom is 0.316 e. The Morgan fingerprint density at radius 3 is 1.44 bits per heavy atom. The summed E-state index contributed by atoms with van der Waals surface area (Å²) >= 11 is 0. The molecule has 2 N–H and O–H groups in total. The van der Waals surface area contributed by atoms with Gasteiger partial charge in [-0.1, -0.05) is 24.3 Å². The summed E-state index contributed by atoms with van der Waals surface area (Å²) in [6, 6.07) is 33.6. The van der Waals surface area contributed by atoms with Gasteiger partial charge in [-0.25, -0.2) is 0 Å². The van der Waals surface area contributed by atoms with Gasteiger partial charge in [0.05, 0.1) is 18.8 Å². The van der Waals surface area contributed by atoms with Crippen molar-refractivity contribution in [3.05, 3.63) is 121 Å². The SMILES string of the molecule is CC(=[OH+])/C=C(/C)O.[Ir].[c-]1ccccc1-c1ccccn1.[c-]1ccccc1-c1ccccn1. The van der Waals surface area contributed by atoms with Crippen LogP contribution in [0.15, 0.2) is 109 Å². The van der Waals surface area contributed by atoms with E-state index in [-0.39, 0.29) is 31.6 Å². The maximum atomic E-state index is 8.40. The van der Waals surface area contributed by atoms with Gasteiger partial charge in [-0.15, -0.1) is 71.8 Å². The average molecular weight is 602 g/mol. The summed E-state index contributed by atoms with van der Waals surface area (Å²) in [7, 11) is 0. The van der Waals surface area contributed by atoms with Gasteiger partial charge in [0.15, 0.2) is 0 Å². The zero-order valence-electron chi connectivity index (χ0n) is 17.9. The van der Waals surface area contributed by atoms with E-state index >= 15 is 0 Å². The second kappa shape index (κ2) is 15.4. The van der Waals surface area contributed by atoms with E-state index in [1.807, 2.05) is 84.9 Å². The Hall–Kier alpha value is -3.40. The molecule has 0 spiro atoms. The number of nitrogens with zero attached hydrogens (tertiary/aromatic N) is 2. The number of benzene rings is 2. The van der Waals surface area contributed by atoms with E-state index in [2.05, 4.69) is 22.1 Å². The molecule has 0 saturated carbocycles. The number of hydrogen-bond acceptors (Lipinski definition) is 3. The van der Waals surface area contributed by atoms with Crippen molar-refractivity contribution in [3.63, 3.8) is 0 Å². The molecule has 0 amide bonds. The molecule has 4 rings (SSSR count). The molecule has 0 aliphatic rings. The number of rotatable bonds is 3. The fraction of sp³-hybridized carbons (Fsp3) is 0.0741. The first-order valence-electron chi connectivity index (χ1n) is 9.72. The summed E-state index contributed by atoms with van der Waals surface area (Å²) in [5.41, 5.74) is 4.02. The summed E-state index contributed by atoms with van der Waals surface area (Å²) in [5.74, 6) is 0.250. The largest absolute Gasteiger partial charge is 0.512 e. The number of aromatic nitrogens is 2. The van der Waals surface area contributed by atoms with Crippen LogP contribution in [0.2, 0.25) is 0 Å². The average Bonchev–Trinajstić information content (AvgIpc) is 2.81. The van der Waals surface area contributed by atoms with E-state index in [0.29, 0.717) is 0 Å². The molecule has 0 fully saturated rings. The van der Waals surface area contributed by atoms with Crippen LogP contribution >= 0.6 is 0 Å². The van der Waals surface area contributed by atoms with E-state index < -0.39 is 0 Å². The number of aliphatic hydroxyl groups is 1. The van der Waals surface area contributed by atoms with Crippen molar-refractivity contribution in [2.24, 2.45) is 0 Å². The third kappa shape index (κ3) is 10.6. The summed E-state index contributed by atoms with van der Waals surface area (Å²) in [4.78, 5) is 16.8. The van der Waals surface area contributed by atoms with Gasteiger partial charge in [0.25, 0.3) is 0 Å². The molecular formula is C27H25IrN2O2-. The Balaban J connectivity index is 0.000000246. The molecule has 0 aliphatic heterocycles. The van der Waals surface area contributed by atoms with Crippen molar-refractivity contribution in [2.75, 3.05) is 0 Å². The van der Waals surface area contributed by atoms with Crippen LogP contribution in [-0.4, -0.2) is 25.7 Å². The van der Waals surface area contributed by atoms with Gasteiger partial charge in [-0.2, -0.15) is 0 Å². The second-order valence-electron chi connectivity index (χ2n) is 6.41. The summed E-state index contributed by atoms with van der Waals surface area (Å²) in [5, 5.41) is 8.40. The molecule has 4 nitrogen and oxygen atoms in total. The third-order valence-electron chi connectivity index (χ3n) is 3.72. The van der Waals surface area contributed by atoms with Gasteiger partial charge in [-0.05, 0) is 30.4 Å². The molecule has 0 aliphatic carbocycles. The Kier molecular flexibility index (Phi) is 12.8. The number of allylic oxidation sites excluding steroid dienone is 2. The Morgan fingerprint density at radius 2 is 1.19 bits per heavy atom. The van der Waals surface area contributed by atoms with E-state index in [1.54, 1.807) is 12.4 Å². The molecule has 2 aromatic heterocycles. The Labute approximate surface area is 203 Å². The molecule has 32 heavy (non-hydrogen) atoms. The topological polar surface area (TPSA) is 67.4 Å². The minimum Gasteiger partial charge on any atom is -0.512 e. The number of carbonyl (C=O) groups excluding carboxylic acids is 1. The zero-order chi connectivity index (χ0) is 22.3. The van der Waals surface area contributed by atoms with Crippen LogP contribution in [0.25, 0.3) is 22.5 Å². The maximum absolute atomic E-state index is 8.40. The van der Waals surface area contributed by atoms with Crippen molar-refractivity contribution in [1.82, 2.24) is 9.97 Å². The molecular weight excluding hydrogens is 577 g/mol. The predicted molar refractivity (Wildman–Crippen MR) is 126 cm³/mol. The zero-order valence-corrected chi connectivity index (χ0v) is 20.3. The molecule has 1 radical (unpaired) electrons. The van der Waals surface area contributed by atoms with E-state index in [0.717, 1.165) is 22.5 Å². The van der Waals surface area contributed by atoms with Crippen molar-refractivity contribution in [3.8, 4) is 22.5 Å². The van der Waals surface area contributed by atoms with E-state index in [1.165, 1.54) is 19.9 Å². The van der Waals surface area contributed by atoms with Crippen LogP contribution in [0.3, 0.4) is 0 Å². The van der Waals surface area contributed by atoms with Gasteiger partial charge in [0.1, 0.15) is 0 Å². The summed E-state index contributed by atoms with van der Waals surface area (Å²) in [6.07, 6.45) is 4.85. The van der Waals surface area contributed by atoms with Crippen molar-refractivity contribution in [1.29, 1.82) is 0 Å². The van der Waals surface area contributed by atoms with Crippen LogP contribution < -0.4 is 0 Å². The van der Waals surface area contributed by atoms with Crippen LogP contribution in [0.4, 0.5) is 0 Å². The quantitative estimate of drug-likeness (QED) is 0.133. The van der Waals surface area contributed by atoms with Crippen LogP contribution in [0.5, 0.6) is 0 Å². The summed E-state index contributed by atoms with van der Waals surface area (Å²) in [6.45, 7) is 3.00. The number of hydrogen-bond donors (Lipinski definition) is 1. The Morgan fingerprint density at radius 1 is 0.750 bits per heavy atom. The van der Waals surface area contributed by atoms with Gasteiger partial charge < -0.3 is 15.1 Å². The van der Waals surface area contributed by atoms with E-state index in [9.17, 15) is 0 Å². The predicted octanol–water partition coefficient (Wildman–Crippen LogP) is 6.11. The van der Waals surface area contributed by atoms with Gasteiger partial charge in [0, 0.05) is 32.5 Å². The third-order valence-corrected chi connectivity index (χ3v) is 3.72. The van der Waals surface area contributed by atoms with Gasteiger partial charge in [-0.3, -0.25) is 4.79 Å². The molecule has 4 aromatic rings. The monoisotopic (exact) mass is 602 g/mol. The number of pyridine rings is 2. The standard InChI is InChI=1S/2C11H8N.C5H8O2.Ir/c2*1-2-6-10(7-3-1)11-8-4-5-9-12-11;1-4(6)3-5(2)7;/h2*1-6,8-9H;3,6H,1-2H3;/q2*-1;;/p+1/b;;4-3-;. The molecule has 0 bridgehead atoms. The molecule has 0 saturated heterocycles. The second-order valence-corrected chi connectivity index (χ2v) is 6.41. The minimum atomic E-state index is 0. The Bertz CT molecular complexity index is 902. The molecule has 5 heteroatoms.